The van der Waals surface area contributed by atoms with Crippen molar-refractivity contribution in [2.24, 2.45) is 0 Å². The molecule has 1 fully saturated rings. The second kappa shape index (κ2) is 8.51. The van der Waals surface area contributed by atoms with Crippen molar-refractivity contribution < 1.29 is 9.53 Å². The Balaban J connectivity index is 1.68. The summed E-state index contributed by atoms with van der Waals surface area (Å²) in [6, 6.07) is 8.21. The van der Waals surface area contributed by atoms with Crippen LogP contribution in [0, 0.1) is 0 Å². The fraction of sp³-hybridized carbons (Fsp3) is 0.588. The lowest BCUT2D eigenvalue weighted by Gasteiger charge is -2.35. The summed E-state index contributed by atoms with van der Waals surface area (Å²) in [7, 11) is 0. The minimum absolute atomic E-state index is 0.00619. The van der Waals surface area contributed by atoms with Crippen LogP contribution in [-0.4, -0.2) is 49.2 Å². The van der Waals surface area contributed by atoms with Gasteiger partial charge in [-0.05, 0) is 38.0 Å². The zero-order chi connectivity index (χ0) is 15.9. The Kier molecular flexibility index (Phi) is 6.68. The van der Waals surface area contributed by atoms with Gasteiger partial charge in [0.25, 0.3) is 0 Å². The van der Waals surface area contributed by atoms with Gasteiger partial charge in [0, 0.05) is 30.7 Å². The van der Waals surface area contributed by atoms with Crippen LogP contribution < -0.4 is 5.32 Å². The van der Waals surface area contributed by atoms with Gasteiger partial charge in [-0.25, -0.2) is 0 Å². The predicted molar refractivity (Wildman–Crippen MR) is 89.2 cm³/mol. The smallest absolute Gasteiger partial charge is 0.222 e. The SMILES string of the molecule is CC(C)N1CCOC(CC(=O)NCCc2ccc(Cl)cc2)C1. The molecular weight excluding hydrogens is 300 g/mol. The third-order valence-electron chi connectivity index (χ3n) is 3.96. The molecule has 122 valence electrons. The molecule has 0 spiro atoms. The molecular formula is C17H25ClN2O2. The lowest BCUT2D eigenvalue weighted by atomic mass is 10.1. The van der Waals surface area contributed by atoms with Gasteiger partial charge in [-0.3, -0.25) is 9.69 Å². The van der Waals surface area contributed by atoms with E-state index >= 15 is 0 Å². The van der Waals surface area contributed by atoms with Gasteiger partial charge in [0.2, 0.25) is 5.91 Å². The lowest BCUT2D eigenvalue weighted by Crippen LogP contribution is -2.47. The monoisotopic (exact) mass is 324 g/mol. The minimum atomic E-state index is 0.00619. The first-order chi connectivity index (χ1) is 10.5. The highest BCUT2D eigenvalue weighted by Crippen LogP contribution is 2.12. The van der Waals surface area contributed by atoms with Gasteiger partial charge < -0.3 is 10.1 Å². The number of carbonyl (C=O) groups excluding carboxylic acids is 1. The maximum absolute atomic E-state index is 12.0. The Morgan fingerprint density at radius 3 is 2.82 bits per heavy atom. The van der Waals surface area contributed by atoms with E-state index in [1.165, 1.54) is 5.56 Å². The highest BCUT2D eigenvalue weighted by atomic mass is 35.5. The number of hydrogen-bond donors (Lipinski definition) is 1. The molecule has 5 heteroatoms. The maximum Gasteiger partial charge on any atom is 0.222 e. The van der Waals surface area contributed by atoms with E-state index in [0.29, 0.717) is 25.6 Å². The number of benzene rings is 1. The van der Waals surface area contributed by atoms with E-state index in [2.05, 4.69) is 24.1 Å². The summed E-state index contributed by atoms with van der Waals surface area (Å²) in [6.07, 6.45) is 1.25. The Morgan fingerprint density at radius 2 is 2.14 bits per heavy atom. The zero-order valence-corrected chi connectivity index (χ0v) is 14.1. The number of ether oxygens (including phenoxy) is 1. The Hall–Kier alpha value is -1.10. The Morgan fingerprint density at radius 1 is 1.41 bits per heavy atom. The standard InChI is InChI=1S/C17H25ClN2O2/c1-13(2)20-9-10-22-16(12-20)11-17(21)19-8-7-14-3-5-15(18)6-4-14/h3-6,13,16H,7-12H2,1-2H3,(H,19,21). The van der Waals surface area contributed by atoms with E-state index in [1.807, 2.05) is 24.3 Å². The average molecular weight is 325 g/mol. The molecule has 0 radical (unpaired) electrons. The van der Waals surface area contributed by atoms with Gasteiger partial charge in [0.1, 0.15) is 0 Å². The van der Waals surface area contributed by atoms with Crippen molar-refractivity contribution in [1.29, 1.82) is 0 Å². The molecule has 1 aromatic rings. The average Bonchev–Trinajstić information content (AvgIpc) is 2.49. The van der Waals surface area contributed by atoms with E-state index in [9.17, 15) is 4.79 Å². The molecule has 1 amide bonds. The molecule has 0 aliphatic carbocycles. The van der Waals surface area contributed by atoms with E-state index in [-0.39, 0.29) is 12.0 Å². The molecule has 0 aromatic heterocycles. The number of nitrogens with one attached hydrogen (secondary N) is 1. The van der Waals surface area contributed by atoms with Crippen molar-refractivity contribution in [3.8, 4) is 0 Å². The van der Waals surface area contributed by atoms with E-state index in [0.717, 1.165) is 24.5 Å². The summed E-state index contributed by atoms with van der Waals surface area (Å²) >= 11 is 5.85. The molecule has 1 saturated heterocycles. The van der Waals surface area contributed by atoms with Crippen LogP contribution in [0.1, 0.15) is 25.8 Å². The molecule has 1 N–H and O–H groups in total. The number of hydrogen-bond acceptors (Lipinski definition) is 3. The van der Waals surface area contributed by atoms with Crippen LogP contribution in [0.15, 0.2) is 24.3 Å². The van der Waals surface area contributed by atoms with Gasteiger partial charge in [-0.2, -0.15) is 0 Å². The number of morpholine rings is 1. The van der Waals surface area contributed by atoms with Crippen LogP contribution in [0.5, 0.6) is 0 Å². The Labute approximate surface area is 137 Å². The third kappa shape index (κ3) is 5.59. The molecule has 1 aliphatic heterocycles. The van der Waals surface area contributed by atoms with Crippen molar-refractivity contribution in [3.63, 3.8) is 0 Å². The molecule has 0 bridgehead atoms. The first kappa shape index (κ1) is 17.3. The van der Waals surface area contributed by atoms with E-state index < -0.39 is 0 Å². The van der Waals surface area contributed by atoms with Crippen molar-refractivity contribution in [3.05, 3.63) is 34.9 Å². The number of amides is 1. The van der Waals surface area contributed by atoms with Crippen LogP contribution in [0.4, 0.5) is 0 Å². The van der Waals surface area contributed by atoms with Gasteiger partial charge in [0.15, 0.2) is 0 Å². The maximum atomic E-state index is 12.0. The number of carbonyl (C=O) groups is 1. The molecule has 1 atom stereocenters. The lowest BCUT2D eigenvalue weighted by molar-refractivity contribution is -0.126. The van der Waals surface area contributed by atoms with Crippen LogP contribution in [0.3, 0.4) is 0 Å². The third-order valence-corrected chi connectivity index (χ3v) is 4.21. The minimum Gasteiger partial charge on any atom is -0.375 e. The fourth-order valence-electron chi connectivity index (χ4n) is 2.61. The van der Waals surface area contributed by atoms with Gasteiger partial charge in [0.05, 0.1) is 19.1 Å². The summed E-state index contributed by atoms with van der Waals surface area (Å²) in [5, 5.41) is 3.70. The molecule has 1 heterocycles. The molecule has 1 aromatic carbocycles. The first-order valence-electron chi connectivity index (χ1n) is 7.91. The molecule has 22 heavy (non-hydrogen) atoms. The zero-order valence-electron chi connectivity index (χ0n) is 13.3. The summed E-state index contributed by atoms with van der Waals surface area (Å²) in [5.41, 5.74) is 1.17. The van der Waals surface area contributed by atoms with Crippen LogP contribution in [0.25, 0.3) is 0 Å². The van der Waals surface area contributed by atoms with Gasteiger partial charge in [-0.1, -0.05) is 23.7 Å². The number of rotatable bonds is 6. The normalized spacial score (nSPS) is 19.4. The topological polar surface area (TPSA) is 41.6 Å². The summed E-state index contributed by atoms with van der Waals surface area (Å²) in [6.45, 7) is 7.49. The van der Waals surface area contributed by atoms with Crippen molar-refractivity contribution in [2.75, 3.05) is 26.2 Å². The van der Waals surface area contributed by atoms with E-state index in [1.54, 1.807) is 0 Å². The highest BCUT2D eigenvalue weighted by molar-refractivity contribution is 6.30. The number of nitrogens with zero attached hydrogens (tertiary/aromatic N) is 1. The largest absolute Gasteiger partial charge is 0.375 e. The van der Waals surface area contributed by atoms with Gasteiger partial charge in [-0.15, -0.1) is 0 Å². The van der Waals surface area contributed by atoms with Crippen LogP contribution >= 0.6 is 11.6 Å². The molecule has 4 nitrogen and oxygen atoms in total. The van der Waals surface area contributed by atoms with E-state index in [4.69, 9.17) is 16.3 Å². The fourth-order valence-corrected chi connectivity index (χ4v) is 2.74. The van der Waals surface area contributed by atoms with Crippen molar-refractivity contribution >= 4 is 17.5 Å². The summed E-state index contributed by atoms with van der Waals surface area (Å²) in [5.74, 6) is 0.0598. The second-order valence-corrected chi connectivity index (χ2v) is 6.45. The summed E-state index contributed by atoms with van der Waals surface area (Å²) < 4.78 is 5.69. The first-order valence-corrected chi connectivity index (χ1v) is 8.29. The van der Waals surface area contributed by atoms with Crippen molar-refractivity contribution in [1.82, 2.24) is 10.2 Å². The summed E-state index contributed by atoms with van der Waals surface area (Å²) in [4.78, 5) is 14.4. The van der Waals surface area contributed by atoms with Crippen LogP contribution in [0.2, 0.25) is 5.02 Å². The Bertz CT molecular complexity index is 476. The molecule has 2 rings (SSSR count). The van der Waals surface area contributed by atoms with Crippen molar-refractivity contribution in [2.45, 2.75) is 38.8 Å². The molecule has 1 unspecified atom stereocenters. The second-order valence-electron chi connectivity index (χ2n) is 6.01. The number of halogens is 1. The molecule has 0 saturated carbocycles. The van der Waals surface area contributed by atoms with Crippen LogP contribution in [-0.2, 0) is 16.0 Å². The molecule has 1 aliphatic rings. The quantitative estimate of drug-likeness (QED) is 0.874. The predicted octanol–water partition coefficient (Wildman–Crippen LogP) is 2.50. The highest BCUT2D eigenvalue weighted by Gasteiger charge is 2.24. The van der Waals surface area contributed by atoms with Gasteiger partial charge >= 0.3 is 0 Å².